The number of nitrogens with zero attached hydrogens (tertiary/aromatic N) is 3. The van der Waals surface area contributed by atoms with Gasteiger partial charge in [0.05, 0.1) is 24.7 Å². The predicted molar refractivity (Wildman–Crippen MR) is 92.6 cm³/mol. The molecule has 1 aliphatic heterocycles. The summed E-state index contributed by atoms with van der Waals surface area (Å²) in [5, 5.41) is 3.26. The van der Waals surface area contributed by atoms with Crippen LogP contribution in [0.1, 0.15) is 5.69 Å². The highest BCUT2D eigenvalue weighted by Gasteiger charge is 2.26. The van der Waals surface area contributed by atoms with Crippen LogP contribution in [0.25, 0.3) is 0 Å². The highest BCUT2D eigenvalue weighted by Crippen LogP contribution is 2.21. The first-order valence-electron chi connectivity index (χ1n) is 7.94. The van der Waals surface area contributed by atoms with Crippen molar-refractivity contribution in [1.82, 2.24) is 20.2 Å². The van der Waals surface area contributed by atoms with Crippen molar-refractivity contribution in [3.63, 3.8) is 0 Å². The van der Waals surface area contributed by atoms with Gasteiger partial charge in [0, 0.05) is 31.7 Å². The molecule has 0 aliphatic carbocycles. The Bertz CT molecular complexity index is 709. The Morgan fingerprint density at radius 2 is 2.16 bits per heavy atom. The van der Waals surface area contributed by atoms with Gasteiger partial charge in [0.25, 0.3) is 0 Å². The molecule has 1 N–H and O–H groups in total. The van der Waals surface area contributed by atoms with Gasteiger partial charge in [-0.25, -0.2) is 4.98 Å². The minimum Gasteiger partial charge on any atom is -0.438 e. The molecule has 2 heterocycles. The highest BCUT2D eigenvalue weighted by atomic mass is 35.5. The van der Waals surface area contributed by atoms with Crippen LogP contribution in [0.15, 0.2) is 36.7 Å². The smallest absolute Gasteiger partial charge is 0.250 e. The third-order valence-electron chi connectivity index (χ3n) is 3.79. The number of benzene rings is 1. The Labute approximate surface area is 150 Å². The van der Waals surface area contributed by atoms with Crippen molar-refractivity contribution < 1.29 is 14.3 Å². The van der Waals surface area contributed by atoms with Crippen LogP contribution in [0, 0.1) is 0 Å². The van der Waals surface area contributed by atoms with E-state index in [1.54, 1.807) is 43.7 Å². The molecule has 1 fully saturated rings. The summed E-state index contributed by atoms with van der Waals surface area (Å²) in [4.78, 5) is 22.5. The van der Waals surface area contributed by atoms with E-state index in [1.165, 1.54) is 0 Å². The Hall–Kier alpha value is -2.22. The minimum absolute atomic E-state index is 0.109. The van der Waals surface area contributed by atoms with Crippen LogP contribution in [0.3, 0.4) is 0 Å². The summed E-state index contributed by atoms with van der Waals surface area (Å²) in [6, 6.07) is 7.04. The number of likely N-dealkylation sites (N-methyl/N-ethyl adjacent to an activating group) is 1. The summed E-state index contributed by atoms with van der Waals surface area (Å²) in [6.45, 7) is 2.40. The summed E-state index contributed by atoms with van der Waals surface area (Å²) in [5.41, 5.74) is 0.806. The number of hydrogen-bond donors (Lipinski definition) is 1. The molecule has 1 aromatic carbocycles. The van der Waals surface area contributed by atoms with Crippen molar-refractivity contribution in [1.29, 1.82) is 0 Å². The lowest BCUT2D eigenvalue weighted by Gasteiger charge is -2.31. The molecule has 1 amide bonds. The van der Waals surface area contributed by atoms with E-state index in [4.69, 9.17) is 21.1 Å². The van der Waals surface area contributed by atoms with Crippen LogP contribution in [-0.4, -0.2) is 53.6 Å². The van der Waals surface area contributed by atoms with Crippen molar-refractivity contribution in [2.75, 3.05) is 26.7 Å². The fourth-order valence-corrected chi connectivity index (χ4v) is 2.62. The van der Waals surface area contributed by atoms with Crippen LogP contribution in [0.5, 0.6) is 11.6 Å². The van der Waals surface area contributed by atoms with Crippen LogP contribution < -0.4 is 10.1 Å². The van der Waals surface area contributed by atoms with Gasteiger partial charge >= 0.3 is 0 Å². The molecule has 0 spiro atoms. The number of carbonyl (C=O) groups is 1. The maximum absolute atomic E-state index is 11.7. The lowest BCUT2D eigenvalue weighted by Crippen LogP contribution is -2.48. The maximum atomic E-state index is 11.7. The molecular formula is C17H19ClN4O3. The second-order valence-electron chi connectivity index (χ2n) is 5.61. The van der Waals surface area contributed by atoms with Gasteiger partial charge in [-0.15, -0.1) is 0 Å². The van der Waals surface area contributed by atoms with Crippen LogP contribution in [0.4, 0.5) is 0 Å². The van der Waals surface area contributed by atoms with E-state index in [-0.39, 0.29) is 5.91 Å². The zero-order valence-corrected chi connectivity index (χ0v) is 14.6. The largest absolute Gasteiger partial charge is 0.438 e. The van der Waals surface area contributed by atoms with Gasteiger partial charge in [0.15, 0.2) is 0 Å². The van der Waals surface area contributed by atoms with Gasteiger partial charge in [0.2, 0.25) is 11.8 Å². The second kappa shape index (κ2) is 8.24. The van der Waals surface area contributed by atoms with Gasteiger partial charge in [-0.3, -0.25) is 14.7 Å². The zero-order chi connectivity index (χ0) is 17.6. The number of aromatic nitrogens is 2. The van der Waals surface area contributed by atoms with E-state index in [2.05, 4.69) is 20.2 Å². The molecule has 1 saturated heterocycles. The number of rotatable bonds is 5. The summed E-state index contributed by atoms with van der Waals surface area (Å²) in [7, 11) is 1.61. The fraction of sp³-hybridized carbons (Fsp3) is 0.353. The monoisotopic (exact) mass is 362 g/mol. The minimum atomic E-state index is -0.445. The van der Waals surface area contributed by atoms with Crippen molar-refractivity contribution >= 4 is 17.5 Å². The second-order valence-corrected chi connectivity index (χ2v) is 6.05. The number of carbonyl (C=O) groups excluding carboxylic acids is 1. The molecule has 0 saturated carbocycles. The van der Waals surface area contributed by atoms with E-state index >= 15 is 0 Å². The number of ether oxygens (including phenoxy) is 2. The molecule has 2 aromatic rings. The molecule has 0 bridgehead atoms. The molecule has 0 radical (unpaired) electrons. The maximum Gasteiger partial charge on any atom is 0.250 e. The summed E-state index contributed by atoms with van der Waals surface area (Å²) in [6.07, 6.45) is 2.81. The van der Waals surface area contributed by atoms with Crippen molar-refractivity contribution in [2.24, 2.45) is 0 Å². The molecule has 25 heavy (non-hydrogen) atoms. The van der Waals surface area contributed by atoms with E-state index in [0.717, 1.165) is 12.2 Å². The van der Waals surface area contributed by atoms with E-state index < -0.39 is 6.10 Å². The van der Waals surface area contributed by atoms with Gasteiger partial charge in [-0.05, 0) is 24.3 Å². The zero-order valence-electron chi connectivity index (χ0n) is 13.8. The highest BCUT2D eigenvalue weighted by molar-refractivity contribution is 6.30. The van der Waals surface area contributed by atoms with E-state index in [1.807, 2.05) is 0 Å². The number of halogens is 1. The number of hydrogen-bond acceptors (Lipinski definition) is 6. The van der Waals surface area contributed by atoms with Crippen LogP contribution >= 0.6 is 11.6 Å². The third kappa shape index (κ3) is 4.88. The SMILES string of the molecule is CNC(=O)C1CN(Cc2cnc(Oc3ccc(Cl)cc3)cn2)CCO1. The number of morpholine rings is 1. The van der Waals surface area contributed by atoms with Crippen molar-refractivity contribution in [3.8, 4) is 11.6 Å². The first-order valence-corrected chi connectivity index (χ1v) is 8.32. The Balaban J connectivity index is 1.57. The molecule has 1 atom stereocenters. The topological polar surface area (TPSA) is 76.6 Å². The van der Waals surface area contributed by atoms with Crippen LogP contribution in [0.2, 0.25) is 5.02 Å². The molecule has 8 heteroatoms. The van der Waals surface area contributed by atoms with Gasteiger partial charge in [0.1, 0.15) is 11.9 Å². The van der Waals surface area contributed by atoms with E-state index in [9.17, 15) is 4.79 Å². The quantitative estimate of drug-likeness (QED) is 0.875. The predicted octanol–water partition coefficient (Wildman–Crippen LogP) is 1.87. The first kappa shape index (κ1) is 17.6. The van der Waals surface area contributed by atoms with Gasteiger partial charge in [-0.2, -0.15) is 0 Å². The normalized spacial score (nSPS) is 17.9. The van der Waals surface area contributed by atoms with Gasteiger partial charge < -0.3 is 14.8 Å². The summed E-state index contributed by atoms with van der Waals surface area (Å²) < 4.78 is 11.1. The molecule has 1 unspecified atom stereocenters. The first-order chi connectivity index (χ1) is 12.1. The molecule has 1 aliphatic rings. The average molecular weight is 363 g/mol. The third-order valence-corrected chi connectivity index (χ3v) is 4.04. The molecular weight excluding hydrogens is 344 g/mol. The lowest BCUT2D eigenvalue weighted by molar-refractivity contribution is -0.138. The Kier molecular flexibility index (Phi) is 5.80. The van der Waals surface area contributed by atoms with E-state index in [0.29, 0.717) is 36.3 Å². The number of amides is 1. The van der Waals surface area contributed by atoms with Crippen molar-refractivity contribution in [3.05, 3.63) is 47.4 Å². The van der Waals surface area contributed by atoms with Crippen molar-refractivity contribution in [2.45, 2.75) is 12.6 Å². The van der Waals surface area contributed by atoms with Crippen LogP contribution in [-0.2, 0) is 16.1 Å². The molecule has 132 valence electrons. The Morgan fingerprint density at radius 1 is 1.36 bits per heavy atom. The lowest BCUT2D eigenvalue weighted by atomic mass is 10.2. The standard InChI is InChI=1S/C17H19ClN4O3/c1-19-17(23)15-11-22(6-7-24-15)10-13-8-21-16(9-20-13)25-14-4-2-12(18)3-5-14/h2-5,8-9,15H,6-7,10-11H2,1H3,(H,19,23). The molecule has 7 nitrogen and oxygen atoms in total. The molecule has 1 aromatic heterocycles. The summed E-state index contributed by atoms with van der Waals surface area (Å²) in [5.74, 6) is 0.951. The number of nitrogens with one attached hydrogen (secondary N) is 1. The Morgan fingerprint density at radius 3 is 2.84 bits per heavy atom. The summed E-state index contributed by atoms with van der Waals surface area (Å²) >= 11 is 5.84. The molecule has 3 rings (SSSR count). The fourth-order valence-electron chi connectivity index (χ4n) is 2.50. The average Bonchev–Trinajstić information content (AvgIpc) is 2.65. The van der Waals surface area contributed by atoms with Gasteiger partial charge in [-0.1, -0.05) is 11.6 Å².